The normalized spacial score (nSPS) is 11.3. The number of furan rings is 1. The second-order valence-corrected chi connectivity index (χ2v) is 6.86. The minimum absolute atomic E-state index is 0.0292. The average Bonchev–Trinajstić information content (AvgIpc) is 3.42. The second-order valence-electron chi connectivity index (χ2n) is 6.86. The van der Waals surface area contributed by atoms with Crippen LogP contribution in [0.3, 0.4) is 0 Å². The number of rotatable bonds is 10. The van der Waals surface area contributed by atoms with E-state index in [1.807, 2.05) is 34.9 Å². The Balaban J connectivity index is 1.77. The van der Waals surface area contributed by atoms with Crippen molar-refractivity contribution in [3.63, 3.8) is 0 Å². The van der Waals surface area contributed by atoms with E-state index in [-0.39, 0.29) is 24.6 Å². The topological polar surface area (TPSA) is 109 Å². The lowest BCUT2D eigenvalue weighted by molar-refractivity contribution is -0.121. The van der Waals surface area contributed by atoms with Crippen molar-refractivity contribution in [1.82, 2.24) is 15.2 Å². The van der Waals surface area contributed by atoms with Gasteiger partial charge >= 0.3 is 0 Å². The van der Waals surface area contributed by atoms with Crippen molar-refractivity contribution in [3.8, 4) is 6.07 Å². The fraction of sp³-hybridized carbons (Fsp3) is 0.261. The number of ether oxygens (including phenoxy) is 1. The molecule has 2 amide bonds. The maximum atomic E-state index is 12.4. The Kier molecular flexibility index (Phi) is 7.62. The molecule has 2 aromatic heterocycles. The number of benzene rings is 1. The summed E-state index contributed by atoms with van der Waals surface area (Å²) < 4.78 is 12.0. The van der Waals surface area contributed by atoms with Crippen molar-refractivity contribution in [2.75, 3.05) is 20.3 Å². The first-order valence-corrected chi connectivity index (χ1v) is 9.88. The van der Waals surface area contributed by atoms with Crippen LogP contribution in [0.1, 0.15) is 17.7 Å². The van der Waals surface area contributed by atoms with Gasteiger partial charge in [0.15, 0.2) is 0 Å². The van der Waals surface area contributed by atoms with Crippen molar-refractivity contribution >= 4 is 28.8 Å². The third-order valence-corrected chi connectivity index (χ3v) is 4.65. The molecule has 2 N–H and O–H groups in total. The number of nitrogens with zero attached hydrogens (tertiary/aromatic N) is 2. The van der Waals surface area contributed by atoms with Gasteiger partial charge in [-0.2, -0.15) is 5.26 Å². The van der Waals surface area contributed by atoms with E-state index in [0.717, 1.165) is 17.3 Å². The molecule has 0 saturated heterocycles. The number of hydrogen-bond donors (Lipinski definition) is 2. The number of carbonyl (C=O) groups excluding carboxylic acids is 2. The van der Waals surface area contributed by atoms with Gasteiger partial charge in [-0.1, -0.05) is 18.2 Å². The van der Waals surface area contributed by atoms with E-state index in [1.54, 1.807) is 25.4 Å². The Labute approximate surface area is 180 Å². The molecule has 1 aromatic carbocycles. The van der Waals surface area contributed by atoms with Crippen LogP contribution in [-0.4, -0.2) is 36.6 Å². The molecule has 0 bridgehead atoms. The molecule has 0 atom stereocenters. The molecular weight excluding hydrogens is 396 g/mol. The summed E-state index contributed by atoms with van der Waals surface area (Å²) in [4.78, 5) is 24.7. The molecule has 3 rings (SSSR count). The molecule has 0 fully saturated rings. The van der Waals surface area contributed by atoms with Crippen molar-refractivity contribution in [3.05, 3.63) is 65.8 Å². The summed E-state index contributed by atoms with van der Waals surface area (Å²) in [7, 11) is 1.62. The molecule has 0 radical (unpaired) electrons. The number of para-hydroxylation sites is 1. The van der Waals surface area contributed by atoms with Crippen molar-refractivity contribution < 1.29 is 18.7 Å². The minimum Gasteiger partial charge on any atom is -0.467 e. The van der Waals surface area contributed by atoms with Gasteiger partial charge in [-0.15, -0.1) is 0 Å². The Hall–Kier alpha value is -3.83. The van der Waals surface area contributed by atoms with Gasteiger partial charge in [0.25, 0.3) is 5.91 Å². The van der Waals surface area contributed by atoms with Crippen molar-refractivity contribution in [2.45, 2.75) is 19.5 Å². The Morgan fingerprint density at radius 2 is 2.06 bits per heavy atom. The number of aromatic nitrogens is 1. The first-order chi connectivity index (χ1) is 15.1. The number of methoxy groups -OCH3 is 1. The van der Waals surface area contributed by atoms with Crippen LogP contribution in [0.15, 0.2) is 58.8 Å². The predicted molar refractivity (Wildman–Crippen MR) is 116 cm³/mol. The van der Waals surface area contributed by atoms with Gasteiger partial charge in [-0.25, -0.2) is 0 Å². The summed E-state index contributed by atoms with van der Waals surface area (Å²) in [5, 5.41) is 15.9. The zero-order chi connectivity index (χ0) is 22.1. The quantitative estimate of drug-likeness (QED) is 0.298. The van der Waals surface area contributed by atoms with Crippen LogP contribution in [0.2, 0.25) is 0 Å². The molecule has 0 spiro atoms. The maximum Gasteiger partial charge on any atom is 0.262 e. The highest BCUT2D eigenvalue weighted by molar-refractivity contribution is 6.04. The zero-order valence-electron chi connectivity index (χ0n) is 17.3. The lowest BCUT2D eigenvalue weighted by Gasteiger charge is -2.07. The van der Waals surface area contributed by atoms with E-state index in [0.29, 0.717) is 24.5 Å². The van der Waals surface area contributed by atoms with Crippen LogP contribution in [0, 0.1) is 11.3 Å². The summed E-state index contributed by atoms with van der Waals surface area (Å²) >= 11 is 0. The summed E-state index contributed by atoms with van der Waals surface area (Å²) in [6, 6.07) is 13.0. The van der Waals surface area contributed by atoms with E-state index in [2.05, 4.69) is 10.6 Å². The highest BCUT2D eigenvalue weighted by Crippen LogP contribution is 2.23. The van der Waals surface area contributed by atoms with Gasteiger partial charge < -0.3 is 24.4 Å². The molecule has 0 unspecified atom stereocenters. The third-order valence-electron chi connectivity index (χ3n) is 4.65. The van der Waals surface area contributed by atoms with Gasteiger partial charge in [0.1, 0.15) is 23.9 Å². The van der Waals surface area contributed by atoms with Crippen LogP contribution >= 0.6 is 0 Å². The van der Waals surface area contributed by atoms with Gasteiger partial charge in [-0.3, -0.25) is 9.59 Å². The van der Waals surface area contributed by atoms with Crippen LogP contribution in [-0.2, 0) is 27.4 Å². The maximum absolute atomic E-state index is 12.4. The highest BCUT2D eigenvalue weighted by Gasteiger charge is 2.14. The lowest BCUT2D eigenvalue weighted by atomic mass is 10.1. The first-order valence-electron chi connectivity index (χ1n) is 9.88. The number of amides is 2. The molecule has 8 nitrogen and oxygen atoms in total. The molecular formula is C23H24N4O4. The fourth-order valence-electron chi connectivity index (χ4n) is 3.16. The first kappa shape index (κ1) is 21.9. The molecule has 3 aromatic rings. The molecule has 31 heavy (non-hydrogen) atoms. The van der Waals surface area contributed by atoms with Gasteiger partial charge in [0, 0.05) is 42.9 Å². The Morgan fingerprint density at radius 1 is 1.23 bits per heavy atom. The molecule has 8 heteroatoms. The van der Waals surface area contributed by atoms with E-state index < -0.39 is 5.91 Å². The number of nitriles is 1. The highest BCUT2D eigenvalue weighted by atomic mass is 16.5. The van der Waals surface area contributed by atoms with Crippen LogP contribution in [0.4, 0.5) is 0 Å². The van der Waals surface area contributed by atoms with Crippen molar-refractivity contribution in [1.29, 1.82) is 5.26 Å². The standard InChI is InChI=1S/C23H24N4O4/c1-30-10-5-9-25-22(28)16-27-15-18(20-7-2-3-8-21(20)27)12-17(13-24)23(29)26-14-19-6-4-11-31-19/h2-4,6-8,11-12,15H,5,9-10,14,16H2,1H3,(H,25,28)(H,26,29)/b17-12+. The average molecular weight is 420 g/mol. The van der Waals surface area contributed by atoms with Crippen LogP contribution < -0.4 is 10.6 Å². The Morgan fingerprint density at radius 3 is 2.81 bits per heavy atom. The Bertz CT molecular complexity index is 1110. The van der Waals surface area contributed by atoms with Gasteiger partial charge in [0.2, 0.25) is 5.91 Å². The minimum atomic E-state index is -0.494. The number of hydrogen-bond acceptors (Lipinski definition) is 5. The molecule has 0 aliphatic carbocycles. The molecule has 2 heterocycles. The molecule has 0 aliphatic heterocycles. The van der Waals surface area contributed by atoms with Gasteiger partial charge in [-0.05, 0) is 30.7 Å². The lowest BCUT2D eigenvalue weighted by Crippen LogP contribution is -2.28. The number of carbonyl (C=O) groups is 2. The van der Waals surface area contributed by atoms with Crippen LogP contribution in [0.25, 0.3) is 17.0 Å². The fourth-order valence-corrected chi connectivity index (χ4v) is 3.16. The number of fused-ring (bicyclic) bond motifs is 1. The summed E-state index contributed by atoms with van der Waals surface area (Å²) in [5.74, 6) is -0.0190. The van der Waals surface area contributed by atoms with Crippen LogP contribution in [0.5, 0.6) is 0 Å². The molecule has 0 saturated carbocycles. The second kappa shape index (κ2) is 10.8. The third kappa shape index (κ3) is 5.84. The van der Waals surface area contributed by atoms with E-state index in [4.69, 9.17) is 9.15 Å². The predicted octanol–water partition coefficient (Wildman–Crippen LogP) is 2.61. The summed E-state index contributed by atoms with van der Waals surface area (Å²) in [6.07, 6.45) is 5.57. The summed E-state index contributed by atoms with van der Waals surface area (Å²) in [6.45, 7) is 1.44. The molecule has 160 valence electrons. The largest absolute Gasteiger partial charge is 0.467 e. The van der Waals surface area contributed by atoms with E-state index in [9.17, 15) is 14.9 Å². The van der Waals surface area contributed by atoms with E-state index >= 15 is 0 Å². The smallest absolute Gasteiger partial charge is 0.262 e. The van der Waals surface area contributed by atoms with Crippen molar-refractivity contribution in [2.24, 2.45) is 0 Å². The monoisotopic (exact) mass is 420 g/mol. The van der Waals surface area contributed by atoms with Gasteiger partial charge in [0.05, 0.1) is 12.8 Å². The summed E-state index contributed by atoms with van der Waals surface area (Å²) in [5.41, 5.74) is 1.50. The zero-order valence-corrected chi connectivity index (χ0v) is 17.3. The molecule has 0 aliphatic rings. The van der Waals surface area contributed by atoms with E-state index in [1.165, 1.54) is 12.3 Å². The SMILES string of the molecule is COCCCNC(=O)Cn1cc(/C=C(\C#N)C(=O)NCc2ccco2)c2ccccc21. The number of nitrogens with one attached hydrogen (secondary N) is 2.